The van der Waals surface area contributed by atoms with Crippen LogP contribution in [0.5, 0.6) is 5.75 Å². The van der Waals surface area contributed by atoms with Crippen molar-refractivity contribution in [2.24, 2.45) is 0 Å². The number of rotatable bonds is 6. The van der Waals surface area contributed by atoms with Crippen LogP contribution >= 0.6 is 23.2 Å². The summed E-state index contributed by atoms with van der Waals surface area (Å²) in [6, 6.07) is 13.4. The Morgan fingerprint density at radius 2 is 1.90 bits per heavy atom. The van der Waals surface area contributed by atoms with Crippen molar-refractivity contribution in [3.8, 4) is 5.75 Å². The van der Waals surface area contributed by atoms with Crippen LogP contribution in [-0.4, -0.2) is 6.61 Å². The molecule has 1 N–H and O–H groups in total. The van der Waals surface area contributed by atoms with Gasteiger partial charge < -0.3 is 10.1 Å². The molecular weight excluding hydrogens is 293 g/mol. The standard InChI is InChI=1S/C16H17Cl2NO/c1-2-9-20-16-6-4-3-5-12(16)11-19-15-10-13(17)7-8-14(15)18/h3-8,10,19H,2,9,11H2,1H3. The van der Waals surface area contributed by atoms with Crippen LogP contribution in [0.1, 0.15) is 18.9 Å². The fourth-order valence-corrected chi connectivity index (χ4v) is 2.18. The lowest BCUT2D eigenvalue weighted by Gasteiger charge is -2.13. The van der Waals surface area contributed by atoms with E-state index in [0.717, 1.165) is 30.0 Å². The van der Waals surface area contributed by atoms with Gasteiger partial charge in [0.1, 0.15) is 5.75 Å². The predicted molar refractivity (Wildman–Crippen MR) is 86.0 cm³/mol. The van der Waals surface area contributed by atoms with Crippen LogP contribution in [0.3, 0.4) is 0 Å². The largest absolute Gasteiger partial charge is 0.493 e. The molecule has 0 saturated carbocycles. The van der Waals surface area contributed by atoms with Crippen molar-refractivity contribution >= 4 is 28.9 Å². The van der Waals surface area contributed by atoms with Gasteiger partial charge in [0.05, 0.1) is 17.3 Å². The fraction of sp³-hybridized carbons (Fsp3) is 0.250. The smallest absolute Gasteiger partial charge is 0.124 e. The van der Waals surface area contributed by atoms with Gasteiger partial charge in [-0.25, -0.2) is 0 Å². The molecule has 2 aromatic rings. The molecule has 0 radical (unpaired) electrons. The zero-order valence-corrected chi connectivity index (χ0v) is 12.8. The van der Waals surface area contributed by atoms with E-state index >= 15 is 0 Å². The topological polar surface area (TPSA) is 21.3 Å². The van der Waals surface area contributed by atoms with Crippen LogP contribution in [0.25, 0.3) is 0 Å². The molecule has 0 aliphatic carbocycles. The molecule has 0 aliphatic rings. The van der Waals surface area contributed by atoms with E-state index in [1.165, 1.54) is 0 Å². The molecule has 2 nitrogen and oxygen atoms in total. The first-order valence-electron chi connectivity index (χ1n) is 6.60. The molecular formula is C16H17Cl2NO. The first kappa shape index (κ1) is 15.0. The molecule has 0 bridgehead atoms. The van der Waals surface area contributed by atoms with Crippen molar-refractivity contribution in [1.82, 2.24) is 0 Å². The molecule has 0 heterocycles. The summed E-state index contributed by atoms with van der Waals surface area (Å²) < 4.78 is 5.73. The minimum atomic E-state index is 0.639. The molecule has 0 fully saturated rings. The number of benzene rings is 2. The summed E-state index contributed by atoms with van der Waals surface area (Å²) in [5.74, 6) is 0.903. The molecule has 106 valence electrons. The molecule has 0 saturated heterocycles. The Morgan fingerprint density at radius 3 is 2.70 bits per heavy atom. The molecule has 0 aromatic heterocycles. The second kappa shape index (κ2) is 7.41. The van der Waals surface area contributed by atoms with Gasteiger partial charge in [-0.1, -0.05) is 48.3 Å². The highest BCUT2D eigenvalue weighted by atomic mass is 35.5. The first-order valence-corrected chi connectivity index (χ1v) is 7.36. The molecule has 4 heteroatoms. The zero-order valence-electron chi connectivity index (χ0n) is 11.3. The van der Waals surface area contributed by atoms with Gasteiger partial charge in [0.25, 0.3) is 0 Å². The molecule has 0 spiro atoms. The third kappa shape index (κ3) is 4.06. The van der Waals surface area contributed by atoms with E-state index in [4.69, 9.17) is 27.9 Å². The SMILES string of the molecule is CCCOc1ccccc1CNc1cc(Cl)ccc1Cl. The van der Waals surface area contributed by atoms with Gasteiger partial charge in [0, 0.05) is 17.1 Å². The molecule has 0 amide bonds. The van der Waals surface area contributed by atoms with Crippen LogP contribution < -0.4 is 10.1 Å². The van der Waals surface area contributed by atoms with Crippen molar-refractivity contribution < 1.29 is 4.74 Å². The average molecular weight is 310 g/mol. The Hall–Kier alpha value is -1.38. The summed E-state index contributed by atoms with van der Waals surface area (Å²) in [5.41, 5.74) is 1.92. The summed E-state index contributed by atoms with van der Waals surface area (Å²) in [4.78, 5) is 0. The highest BCUT2D eigenvalue weighted by Crippen LogP contribution is 2.27. The monoisotopic (exact) mass is 309 g/mol. The third-order valence-corrected chi connectivity index (χ3v) is 3.40. The summed E-state index contributed by atoms with van der Waals surface area (Å²) >= 11 is 12.1. The molecule has 0 aliphatic heterocycles. The van der Waals surface area contributed by atoms with E-state index in [9.17, 15) is 0 Å². The maximum Gasteiger partial charge on any atom is 0.124 e. The van der Waals surface area contributed by atoms with Gasteiger partial charge >= 0.3 is 0 Å². The van der Waals surface area contributed by atoms with E-state index in [1.54, 1.807) is 12.1 Å². The van der Waals surface area contributed by atoms with Gasteiger partial charge in [-0.15, -0.1) is 0 Å². The maximum atomic E-state index is 6.13. The van der Waals surface area contributed by atoms with Gasteiger partial charge in [0.15, 0.2) is 0 Å². The predicted octanol–water partition coefficient (Wildman–Crippen LogP) is 5.39. The number of nitrogens with one attached hydrogen (secondary N) is 1. The average Bonchev–Trinajstić information content (AvgIpc) is 2.47. The number of hydrogen-bond donors (Lipinski definition) is 1. The second-order valence-corrected chi connectivity index (χ2v) is 5.28. The summed E-state index contributed by atoms with van der Waals surface area (Å²) in [5, 5.41) is 4.60. The van der Waals surface area contributed by atoms with E-state index < -0.39 is 0 Å². The number of para-hydroxylation sites is 1. The van der Waals surface area contributed by atoms with Crippen LogP contribution in [0.15, 0.2) is 42.5 Å². The van der Waals surface area contributed by atoms with E-state index in [0.29, 0.717) is 16.6 Å². The Balaban J connectivity index is 2.08. The van der Waals surface area contributed by atoms with Gasteiger partial charge in [-0.2, -0.15) is 0 Å². The van der Waals surface area contributed by atoms with Crippen LogP contribution in [-0.2, 0) is 6.54 Å². The highest BCUT2D eigenvalue weighted by Gasteiger charge is 2.05. The number of anilines is 1. The third-order valence-electron chi connectivity index (χ3n) is 2.83. The normalized spacial score (nSPS) is 10.3. The van der Waals surface area contributed by atoms with Gasteiger partial charge in [-0.3, -0.25) is 0 Å². The van der Waals surface area contributed by atoms with Crippen molar-refractivity contribution in [3.63, 3.8) is 0 Å². The van der Waals surface area contributed by atoms with Crippen LogP contribution in [0.4, 0.5) is 5.69 Å². The van der Waals surface area contributed by atoms with Crippen molar-refractivity contribution in [2.45, 2.75) is 19.9 Å². The van der Waals surface area contributed by atoms with Gasteiger partial charge in [0.2, 0.25) is 0 Å². The lowest BCUT2D eigenvalue weighted by molar-refractivity contribution is 0.314. The zero-order chi connectivity index (χ0) is 14.4. The molecule has 2 rings (SSSR count). The van der Waals surface area contributed by atoms with Crippen LogP contribution in [0, 0.1) is 0 Å². The Morgan fingerprint density at radius 1 is 1.10 bits per heavy atom. The van der Waals surface area contributed by atoms with E-state index in [1.807, 2.05) is 30.3 Å². The summed E-state index contributed by atoms with van der Waals surface area (Å²) in [7, 11) is 0. The van der Waals surface area contributed by atoms with E-state index in [-0.39, 0.29) is 0 Å². The minimum Gasteiger partial charge on any atom is -0.493 e. The van der Waals surface area contributed by atoms with E-state index in [2.05, 4.69) is 12.2 Å². The maximum absolute atomic E-state index is 6.13. The molecule has 2 aromatic carbocycles. The number of hydrogen-bond acceptors (Lipinski definition) is 2. The first-order chi connectivity index (χ1) is 9.70. The second-order valence-electron chi connectivity index (χ2n) is 4.43. The fourth-order valence-electron chi connectivity index (χ4n) is 1.83. The lowest BCUT2D eigenvalue weighted by atomic mass is 10.2. The van der Waals surface area contributed by atoms with Crippen molar-refractivity contribution in [1.29, 1.82) is 0 Å². The van der Waals surface area contributed by atoms with Gasteiger partial charge in [-0.05, 0) is 30.7 Å². The minimum absolute atomic E-state index is 0.639. The highest BCUT2D eigenvalue weighted by molar-refractivity contribution is 6.35. The lowest BCUT2D eigenvalue weighted by Crippen LogP contribution is -2.04. The molecule has 20 heavy (non-hydrogen) atoms. The Kier molecular flexibility index (Phi) is 5.57. The number of halogens is 2. The quantitative estimate of drug-likeness (QED) is 0.772. The van der Waals surface area contributed by atoms with Crippen molar-refractivity contribution in [2.75, 3.05) is 11.9 Å². The molecule has 0 unspecified atom stereocenters. The van der Waals surface area contributed by atoms with Crippen molar-refractivity contribution in [3.05, 3.63) is 58.1 Å². The Labute approximate surface area is 129 Å². The van der Waals surface area contributed by atoms with Crippen LogP contribution in [0.2, 0.25) is 10.0 Å². The summed E-state index contributed by atoms with van der Waals surface area (Å²) in [6.07, 6.45) is 0.988. The molecule has 0 atom stereocenters. The number of ether oxygens (including phenoxy) is 1. The summed E-state index contributed by atoms with van der Waals surface area (Å²) in [6.45, 7) is 3.45. The Bertz CT molecular complexity index is 572.